The van der Waals surface area contributed by atoms with Gasteiger partial charge in [-0.2, -0.15) is 13.2 Å². The van der Waals surface area contributed by atoms with Gasteiger partial charge in [0.2, 0.25) is 0 Å². The Balaban J connectivity index is 1.47. The maximum absolute atomic E-state index is 13.7. The summed E-state index contributed by atoms with van der Waals surface area (Å²) in [5, 5.41) is 10.8. The third kappa shape index (κ3) is 8.38. The van der Waals surface area contributed by atoms with Gasteiger partial charge in [-0.1, -0.05) is 12.0 Å². The smallest absolute Gasteiger partial charge is 0.406 e. The Bertz CT molecular complexity index is 1610. The first-order valence-corrected chi connectivity index (χ1v) is 16.5. The number of sulfone groups is 1. The summed E-state index contributed by atoms with van der Waals surface area (Å²) < 4.78 is 84.0. The molecule has 44 heavy (non-hydrogen) atoms. The standard InChI is InChI=1S/C31H37F3N4O5S/c1-44(39,40)30-8-7-23-18-29(30)43-17-16-42-15-14-41-13-10-22-20-35-12-9-26(22)37-27-5-2-6-28-25(27)19-24(4-3-11-36-23)38(28)21-31(32,33)34/h2,5-8,18-19,22,26,35-37H,9-17,20-21H2,1H3. The summed E-state index contributed by atoms with van der Waals surface area (Å²) in [6, 6.07) is 11.8. The molecular weight excluding hydrogens is 597 g/mol. The predicted molar refractivity (Wildman–Crippen MR) is 163 cm³/mol. The van der Waals surface area contributed by atoms with Crippen molar-refractivity contribution in [1.82, 2.24) is 9.88 Å². The average molecular weight is 635 g/mol. The molecule has 0 spiro atoms. The Morgan fingerprint density at radius 3 is 2.61 bits per heavy atom. The number of alkyl halides is 3. The predicted octanol–water partition coefficient (Wildman–Crippen LogP) is 4.28. The number of hydrogen-bond acceptors (Lipinski definition) is 8. The van der Waals surface area contributed by atoms with E-state index in [-0.39, 0.29) is 48.1 Å². The van der Waals surface area contributed by atoms with E-state index in [1.165, 1.54) is 10.6 Å². The van der Waals surface area contributed by atoms with Gasteiger partial charge in [0.15, 0.2) is 9.84 Å². The van der Waals surface area contributed by atoms with Crippen molar-refractivity contribution in [3.63, 3.8) is 0 Å². The molecular formula is C31H37F3N4O5S. The second kappa shape index (κ2) is 14.1. The van der Waals surface area contributed by atoms with Gasteiger partial charge in [0.1, 0.15) is 23.8 Å². The van der Waals surface area contributed by atoms with Crippen LogP contribution in [0.25, 0.3) is 10.9 Å². The Labute approximate surface area is 255 Å². The Morgan fingerprint density at radius 2 is 1.82 bits per heavy atom. The van der Waals surface area contributed by atoms with E-state index in [1.807, 2.05) is 6.07 Å². The van der Waals surface area contributed by atoms with E-state index in [9.17, 15) is 21.6 Å². The summed E-state index contributed by atoms with van der Waals surface area (Å²) in [6.45, 7) is 2.28. The minimum Gasteiger partial charge on any atom is -0.490 e. The van der Waals surface area contributed by atoms with Crippen LogP contribution in [0, 0.1) is 17.8 Å². The van der Waals surface area contributed by atoms with Crippen molar-refractivity contribution >= 4 is 32.1 Å². The van der Waals surface area contributed by atoms with Gasteiger partial charge in [0.05, 0.1) is 37.6 Å². The Hall–Kier alpha value is -3.44. The molecule has 0 aliphatic carbocycles. The Kier molecular flexibility index (Phi) is 10.3. The quantitative estimate of drug-likeness (QED) is 0.360. The third-order valence-electron chi connectivity index (χ3n) is 7.66. The number of ether oxygens (including phenoxy) is 3. The molecule has 0 amide bonds. The average Bonchev–Trinajstić information content (AvgIpc) is 3.31. The zero-order chi connectivity index (χ0) is 31.2. The molecule has 5 rings (SSSR count). The molecule has 3 N–H and O–H groups in total. The molecule has 0 radical (unpaired) electrons. The summed E-state index contributed by atoms with van der Waals surface area (Å²) in [4.78, 5) is 0.0413. The highest BCUT2D eigenvalue weighted by Gasteiger charge is 2.30. The molecule has 3 aromatic rings. The van der Waals surface area contributed by atoms with Crippen molar-refractivity contribution in [3.05, 3.63) is 48.2 Å². The first kappa shape index (κ1) is 32.0. The normalized spacial score (nSPS) is 20.8. The maximum atomic E-state index is 13.7. The zero-order valence-electron chi connectivity index (χ0n) is 24.5. The lowest BCUT2D eigenvalue weighted by Gasteiger charge is -2.33. The molecule has 4 bridgehead atoms. The van der Waals surface area contributed by atoms with Gasteiger partial charge in [-0.05, 0) is 68.1 Å². The number of nitrogens with one attached hydrogen (secondary N) is 3. The van der Waals surface area contributed by atoms with E-state index in [0.717, 1.165) is 37.9 Å². The van der Waals surface area contributed by atoms with Gasteiger partial charge >= 0.3 is 6.18 Å². The monoisotopic (exact) mass is 634 g/mol. The molecule has 13 heteroatoms. The summed E-state index contributed by atoms with van der Waals surface area (Å²) in [7, 11) is -3.56. The summed E-state index contributed by atoms with van der Waals surface area (Å²) in [6.07, 6.45) is -1.67. The van der Waals surface area contributed by atoms with Gasteiger partial charge < -0.3 is 34.7 Å². The number of piperidine rings is 1. The number of rotatable bonds is 2. The lowest BCUT2D eigenvalue weighted by Crippen LogP contribution is -2.44. The second-order valence-electron chi connectivity index (χ2n) is 10.9. The number of aromatic nitrogens is 1. The zero-order valence-corrected chi connectivity index (χ0v) is 25.3. The number of benzene rings is 2. The fourth-order valence-electron chi connectivity index (χ4n) is 5.56. The number of halogens is 3. The number of anilines is 2. The topological polar surface area (TPSA) is 103 Å². The van der Waals surface area contributed by atoms with Crippen LogP contribution < -0.4 is 20.7 Å². The van der Waals surface area contributed by atoms with E-state index in [1.54, 1.807) is 30.3 Å². The van der Waals surface area contributed by atoms with Crippen LogP contribution in [0.2, 0.25) is 0 Å². The Morgan fingerprint density at radius 1 is 1.02 bits per heavy atom. The molecule has 2 aromatic carbocycles. The fraction of sp³-hybridized carbons (Fsp3) is 0.484. The van der Waals surface area contributed by atoms with Crippen LogP contribution >= 0.6 is 0 Å². The minimum absolute atomic E-state index is 0.0413. The first-order chi connectivity index (χ1) is 21.1. The van der Waals surface area contributed by atoms with Gasteiger partial charge in [-0.3, -0.25) is 0 Å². The number of hydrogen-bond donors (Lipinski definition) is 3. The van der Waals surface area contributed by atoms with Crippen molar-refractivity contribution in [1.29, 1.82) is 0 Å². The van der Waals surface area contributed by atoms with Gasteiger partial charge in [0, 0.05) is 41.7 Å². The molecule has 2 unspecified atom stereocenters. The molecule has 0 saturated carbocycles. The second-order valence-corrected chi connectivity index (χ2v) is 12.9. The van der Waals surface area contributed by atoms with Crippen LogP contribution in [0.5, 0.6) is 5.75 Å². The molecule has 2 atom stereocenters. The van der Waals surface area contributed by atoms with Crippen molar-refractivity contribution < 1.29 is 35.8 Å². The van der Waals surface area contributed by atoms with Crippen molar-refractivity contribution in [2.24, 2.45) is 5.92 Å². The van der Waals surface area contributed by atoms with E-state index in [0.29, 0.717) is 36.4 Å². The highest BCUT2D eigenvalue weighted by Crippen LogP contribution is 2.32. The fourth-order valence-corrected chi connectivity index (χ4v) is 6.36. The van der Waals surface area contributed by atoms with Crippen molar-refractivity contribution in [3.8, 4) is 17.6 Å². The molecule has 3 heterocycles. The molecule has 9 nitrogen and oxygen atoms in total. The third-order valence-corrected chi connectivity index (χ3v) is 8.80. The van der Waals surface area contributed by atoms with Crippen molar-refractivity contribution in [2.45, 2.75) is 36.5 Å². The van der Waals surface area contributed by atoms with E-state index in [4.69, 9.17) is 14.2 Å². The van der Waals surface area contributed by atoms with Gasteiger partial charge in [-0.25, -0.2) is 8.42 Å². The van der Waals surface area contributed by atoms with Crippen LogP contribution in [-0.2, 0) is 25.9 Å². The lowest BCUT2D eigenvalue weighted by molar-refractivity contribution is -0.140. The molecule has 1 aromatic heterocycles. The molecule has 2 aliphatic rings. The summed E-state index contributed by atoms with van der Waals surface area (Å²) in [5.41, 5.74) is 2.02. The molecule has 1 saturated heterocycles. The maximum Gasteiger partial charge on any atom is 0.406 e. The van der Waals surface area contributed by atoms with Crippen LogP contribution in [0.3, 0.4) is 0 Å². The largest absolute Gasteiger partial charge is 0.490 e. The first-order valence-electron chi connectivity index (χ1n) is 14.6. The summed E-state index contributed by atoms with van der Waals surface area (Å²) >= 11 is 0. The van der Waals surface area contributed by atoms with E-state index < -0.39 is 22.6 Å². The minimum atomic E-state index is -4.43. The van der Waals surface area contributed by atoms with Gasteiger partial charge in [-0.15, -0.1) is 0 Å². The van der Waals surface area contributed by atoms with E-state index >= 15 is 0 Å². The van der Waals surface area contributed by atoms with Gasteiger partial charge in [0.25, 0.3) is 0 Å². The molecule has 1 fully saturated rings. The lowest BCUT2D eigenvalue weighted by atomic mass is 9.90. The van der Waals surface area contributed by atoms with E-state index in [2.05, 4.69) is 27.8 Å². The SMILES string of the molecule is CS(=O)(=O)c1ccc2cc1OCCOCCOCCC1CNCCC1Nc1cccc3c1cc(n3CC(F)(F)F)C#CCN2. The van der Waals surface area contributed by atoms with Crippen LogP contribution in [0.15, 0.2) is 47.4 Å². The van der Waals surface area contributed by atoms with Crippen molar-refractivity contribution in [2.75, 3.05) is 69.6 Å². The number of fused-ring (bicyclic) bond motifs is 4. The number of nitrogens with zero attached hydrogens (tertiary/aromatic N) is 1. The highest BCUT2D eigenvalue weighted by atomic mass is 32.2. The molecule has 238 valence electrons. The highest BCUT2D eigenvalue weighted by molar-refractivity contribution is 7.90. The molecule has 2 aliphatic heterocycles. The summed E-state index contributed by atoms with van der Waals surface area (Å²) in [5.74, 6) is 6.27. The van der Waals surface area contributed by atoms with Crippen LogP contribution in [0.1, 0.15) is 18.5 Å². The van der Waals surface area contributed by atoms with Crippen LogP contribution in [-0.4, -0.2) is 84.1 Å². The van der Waals surface area contributed by atoms with Crippen LogP contribution in [0.4, 0.5) is 24.5 Å².